The lowest BCUT2D eigenvalue weighted by Crippen LogP contribution is -2.42. The van der Waals surface area contributed by atoms with Gasteiger partial charge in [0, 0.05) is 23.4 Å². The normalized spacial score (nSPS) is 13.0. The first-order valence-electron chi connectivity index (χ1n) is 9.08. The Morgan fingerprint density at radius 2 is 1.90 bits per heavy atom. The van der Waals surface area contributed by atoms with Crippen LogP contribution >= 0.6 is 11.3 Å². The van der Waals surface area contributed by atoms with E-state index < -0.39 is 15.9 Å². The highest BCUT2D eigenvalue weighted by molar-refractivity contribution is 7.89. The molecule has 1 aliphatic carbocycles. The molecule has 2 aromatic rings. The number of sulfonamides is 1. The van der Waals surface area contributed by atoms with Gasteiger partial charge in [-0.05, 0) is 49.9 Å². The highest BCUT2D eigenvalue weighted by atomic mass is 32.2. The lowest BCUT2D eigenvalue weighted by molar-refractivity contribution is -0.121. The van der Waals surface area contributed by atoms with E-state index in [0.29, 0.717) is 4.88 Å². The van der Waals surface area contributed by atoms with Crippen molar-refractivity contribution in [1.29, 1.82) is 0 Å². The van der Waals surface area contributed by atoms with Crippen LogP contribution in [0.3, 0.4) is 0 Å². The summed E-state index contributed by atoms with van der Waals surface area (Å²) in [5, 5.41) is 0. The van der Waals surface area contributed by atoms with Crippen LogP contribution in [0.25, 0.3) is 0 Å². The summed E-state index contributed by atoms with van der Waals surface area (Å²) in [6.07, 6.45) is 2.90. The maximum atomic E-state index is 12.3. The third-order valence-corrected chi connectivity index (χ3v) is 7.18. The molecule has 2 amide bonds. The van der Waals surface area contributed by atoms with Crippen molar-refractivity contribution in [3.8, 4) is 0 Å². The van der Waals surface area contributed by atoms with Crippen LogP contribution < -0.4 is 15.6 Å². The van der Waals surface area contributed by atoms with Crippen LogP contribution in [0, 0.1) is 0 Å². The molecule has 0 saturated carbocycles. The van der Waals surface area contributed by atoms with Gasteiger partial charge >= 0.3 is 0 Å². The Labute approximate surface area is 172 Å². The number of benzene rings is 1. The molecule has 0 unspecified atom stereocenters. The number of carbonyl (C=O) groups excluding carboxylic acids is 3. The third kappa shape index (κ3) is 5.28. The van der Waals surface area contributed by atoms with Crippen molar-refractivity contribution in [2.45, 2.75) is 37.5 Å². The zero-order valence-corrected chi connectivity index (χ0v) is 17.4. The number of rotatable bonds is 7. The molecule has 10 heteroatoms. The number of hydrazine groups is 1. The number of nitrogens with one attached hydrogen (secondary N) is 3. The fraction of sp³-hybridized carbons (Fsp3) is 0.316. The molecule has 154 valence electrons. The molecule has 0 radical (unpaired) electrons. The van der Waals surface area contributed by atoms with Gasteiger partial charge in [0.15, 0.2) is 5.78 Å². The van der Waals surface area contributed by atoms with E-state index in [1.807, 2.05) is 6.07 Å². The van der Waals surface area contributed by atoms with Gasteiger partial charge in [0.05, 0.1) is 9.77 Å². The average Bonchev–Trinajstić information content (AvgIpc) is 3.28. The molecule has 0 bridgehead atoms. The van der Waals surface area contributed by atoms with Crippen molar-refractivity contribution < 1.29 is 22.8 Å². The summed E-state index contributed by atoms with van der Waals surface area (Å²) < 4.78 is 26.9. The quantitative estimate of drug-likeness (QED) is 0.450. The predicted octanol–water partition coefficient (Wildman–Crippen LogP) is 1.57. The van der Waals surface area contributed by atoms with Crippen molar-refractivity contribution in [3.05, 3.63) is 51.2 Å². The standard InChI is InChI=1S/C19H21N3O5S2/c1-12(23)13-4-2-6-15(10-13)29(26,27)20-9-8-18(24)21-22-19(25)17-11-14-5-3-7-16(14)28-17/h2,4,6,10-11,20H,3,5,7-9H2,1H3,(H,21,24)(H,22,25). The van der Waals surface area contributed by atoms with Gasteiger partial charge in [0.2, 0.25) is 15.9 Å². The molecule has 1 heterocycles. The van der Waals surface area contributed by atoms with E-state index in [1.165, 1.54) is 53.0 Å². The fourth-order valence-corrected chi connectivity index (χ4v) is 5.18. The monoisotopic (exact) mass is 435 g/mol. The van der Waals surface area contributed by atoms with Gasteiger partial charge in [-0.3, -0.25) is 25.2 Å². The van der Waals surface area contributed by atoms with Gasteiger partial charge in [-0.2, -0.15) is 0 Å². The zero-order valence-electron chi connectivity index (χ0n) is 15.8. The summed E-state index contributed by atoms with van der Waals surface area (Å²) in [5.74, 6) is -1.16. The molecule has 1 aromatic heterocycles. The Bertz CT molecular complexity index is 1040. The van der Waals surface area contributed by atoms with Gasteiger partial charge < -0.3 is 0 Å². The second-order valence-electron chi connectivity index (χ2n) is 6.65. The molecule has 0 atom stereocenters. The number of amides is 2. The van der Waals surface area contributed by atoms with Crippen molar-refractivity contribution in [2.24, 2.45) is 0 Å². The van der Waals surface area contributed by atoms with Crippen LogP contribution in [-0.2, 0) is 27.7 Å². The first-order valence-corrected chi connectivity index (χ1v) is 11.4. The number of hydrogen-bond acceptors (Lipinski definition) is 6. The Kier molecular flexibility index (Phi) is 6.46. The lowest BCUT2D eigenvalue weighted by Gasteiger charge is -2.09. The van der Waals surface area contributed by atoms with E-state index in [0.717, 1.165) is 19.3 Å². The summed E-state index contributed by atoms with van der Waals surface area (Å²) in [7, 11) is -3.85. The molecular weight excluding hydrogens is 414 g/mol. The van der Waals surface area contributed by atoms with E-state index in [9.17, 15) is 22.8 Å². The van der Waals surface area contributed by atoms with E-state index >= 15 is 0 Å². The van der Waals surface area contributed by atoms with Gasteiger partial charge in [-0.25, -0.2) is 13.1 Å². The highest BCUT2D eigenvalue weighted by Crippen LogP contribution is 2.30. The maximum Gasteiger partial charge on any atom is 0.279 e. The van der Waals surface area contributed by atoms with E-state index in [4.69, 9.17) is 0 Å². The van der Waals surface area contributed by atoms with Crippen molar-refractivity contribution in [1.82, 2.24) is 15.6 Å². The summed E-state index contributed by atoms with van der Waals surface area (Å²) in [4.78, 5) is 37.1. The maximum absolute atomic E-state index is 12.3. The number of ketones is 1. The molecule has 0 saturated heterocycles. The van der Waals surface area contributed by atoms with Gasteiger partial charge in [0.25, 0.3) is 5.91 Å². The van der Waals surface area contributed by atoms with Gasteiger partial charge in [-0.15, -0.1) is 11.3 Å². The van der Waals surface area contributed by atoms with Crippen molar-refractivity contribution in [3.63, 3.8) is 0 Å². The third-order valence-electron chi connectivity index (χ3n) is 4.48. The fourth-order valence-electron chi connectivity index (χ4n) is 2.96. The lowest BCUT2D eigenvalue weighted by atomic mass is 10.2. The average molecular weight is 436 g/mol. The first kappa shape index (κ1) is 21.2. The van der Waals surface area contributed by atoms with Crippen LogP contribution in [0.2, 0.25) is 0 Å². The molecular formula is C19H21N3O5S2. The van der Waals surface area contributed by atoms with Crippen molar-refractivity contribution >= 4 is 39.0 Å². The number of thiophene rings is 1. The molecule has 3 rings (SSSR count). The van der Waals surface area contributed by atoms with Crippen LogP contribution in [0.15, 0.2) is 35.2 Å². The van der Waals surface area contributed by atoms with Crippen molar-refractivity contribution in [2.75, 3.05) is 6.54 Å². The largest absolute Gasteiger partial charge is 0.295 e. The Balaban J connectivity index is 1.46. The van der Waals surface area contributed by atoms with Gasteiger partial charge in [0.1, 0.15) is 0 Å². The molecule has 0 aliphatic heterocycles. The van der Waals surface area contributed by atoms with Gasteiger partial charge in [-0.1, -0.05) is 12.1 Å². The molecule has 8 nitrogen and oxygen atoms in total. The number of Topliss-reactive ketones (excluding diaryl/α,β-unsaturated/α-hetero) is 1. The molecule has 0 fully saturated rings. The summed E-state index contributed by atoms with van der Waals surface area (Å²) >= 11 is 1.42. The van der Waals surface area contributed by atoms with E-state index in [2.05, 4.69) is 15.6 Å². The Morgan fingerprint density at radius 3 is 2.62 bits per heavy atom. The summed E-state index contributed by atoms with van der Waals surface area (Å²) in [6.45, 7) is 1.20. The summed E-state index contributed by atoms with van der Waals surface area (Å²) in [6, 6.07) is 7.50. The topological polar surface area (TPSA) is 121 Å². The van der Waals surface area contributed by atoms with Crippen LogP contribution in [0.4, 0.5) is 0 Å². The minimum absolute atomic E-state index is 0.0512. The van der Waals surface area contributed by atoms with E-state index in [-0.39, 0.29) is 35.1 Å². The van der Waals surface area contributed by atoms with Crippen LogP contribution in [0.5, 0.6) is 0 Å². The molecule has 1 aliphatic rings. The highest BCUT2D eigenvalue weighted by Gasteiger charge is 2.19. The molecule has 3 N–H and O–H groups in total. The number of aryl methyl sites for hydroxylation is 2. The zero-order chi connectivity index (χ0) is 21.0. The Morgan fingerprint density at radius 1 is 1.10 bits per heavy atom. The first-order chi connectivity index (χ1) is 13.8. The second kappa shape index (κ2) is 8.85. The summed E-state index contributed by atoms with van der Waals surface area (Å²) in [5.41, 5.74) is 6.10. The number of fused-ring (bicyclic) bond motifs is 1. The second-order valence-corrected chi connectivity index (χ2v) is 9.55. The van der Waals surface area contributed by atoms with Crippen LogP contribution in [0.1, 0.15) is 50.2 Å². The number of carbonyl (C=O) groups is 3. The molecule has 29 heavy (non-hydrogen) atoms. The molecule has 1 aromatic carbocycles. The predicted molar refractivity (Wildman–Crippen MR) is 108 cm³/mol. The SMILES string of the molecule is CC(=O)c1cccc(S(=O)(=O)NCCC(=O)NNC(=O)c2cc3c(s2)CCC3)c1. The minimum atomic E-state index is -3.85. The number of hydrogen-bond donors (Lipinski definition) is 3. The smallest absolute Gasteiger partial charge is 0.279 e. The van der Waals surface area contributed by atoms with E-state index in [1.54, 1.807) is 0 Å². The Hall–Kier alpha value is -2.56. The molecule has 0 spiro atoms. The van der Waals surface area contributed by atoms with Crippen LogP contribution in [-0.4, -0.2) is 32.6 Å². The minimum Gasteiger partial charge on any atom is -0.295 e.